The van der Waals surface area contributed by atoms with Crippen molar-refractivity contribution in [2.45, 2.75) is 19.0 Å². The summed E-state index contributed by atoms with van der Waals surface area (Å²) in [4.78, 5) is 23.2. The van der Waals surface area contributed by atoms with E-state index in [-0.39, 0.29) is 30.6 Å². The molecule has 0 atom stereocenters. The quantitative estimate of drug-likeness (QED) is 0.375. The summed E-state index contributed by atoms with van der Waals surface area (Å²) in [7, 11) is 1.16. The highest BCUT2D eigenvalue weighted by atomic mass is 19.4. The number of rotatable bonds is 6. The number of amides is 1. The van der Waals surface area contributed by atoms with E-state index in [1.165, 1.54) is 24.3 Å². The van der Waals surface area contributed by atoms with Gasteiger partial charge in [-0.2, -0.15) is 13.2 Å². The van der Waals surface area contributed by atoms with Crippen LogP contribution in [0.4, 0.5) is 18.9 Å². The number of halogens is 3. The van der Waals surface area contributed by atoms with Gasteiger partial charge in [0.2, 0.25) is 0 Å². The van der Waals surface area contributed by atoms with Crippen molar-refractivity contribution in [1.29, 1.82) is 0 Å². The summed E-state index contributed by atoms with van der Waals surface area (Å²) in [5, 5.41) is 11.4. The minimum Gasteiger partial charge on any atom is -0.469 e. The normalized spacial score (nSPS) is 11.5. The minimum absolute atomic E-state index is 0.0148. The third-order valence-electron chi connectivity index (χ3n) is 2.90. The number of alkyl halides is 3. The van der Waals surface area contributed by atoms with E-state index in [1.807, 2.05) is 0 Å². The van der Waals surface area contributed by atoms with Crippen LogP contribution in [0.5, 0.6) is 0 Å². The summed E-state index contributed by atoms with van der Waals surface area (Å²) >= 11 is 0. The number of anilines is 1. The summed E-state index contributed by atoms with van der Waals surface area (Å²) in [5.41, 5.74) is 0.0585. The first-order valence-electron chi connectivity index (χ1n) is 6.53. The highest BCUT2D eigenvalue weighted by molar-refractivity contribution is 6.01. The molecule has 0 aromatic heterocycles. The number of hydrogen-bond donors (Lipinski definition) is 1. The molecule has 126 valence electrons. The van der Waals surface area contributed by atoms with Gasteiger partial charge in [-0.25, -0.2) is 0 Å². The van der Waals surface area contributed by atoms with Crippen molar-refractivity contribution >= 4 is 23.8 Å². The Labute approximate surface area is 130 Å². The van der Waals surface area contributed by atoms with E-state index in [9.17, 15) is 22.8 Å². The van der Waals surface area contributed by atoms with Gasteiger partial charge in [-0.1, -0.05) is 23.4 Å². The standard InChI is InChI=1S/C14H15F3N2O4/c1-23-12(20)7-4-8-19(13(21)14(15,16)17)11-6-3-2-5-10(11)9-18-22/h2-3,5-6,9,22H,4,7-8H2,1H3/b18-9+. The van der Waals surface area contributed by atoms with Crippen molar-refractivity contribution < 1.29 is 32.7 Å². The lowest BCUT2D eigenvalue weighted by Crippen LogP contribution is -2.42. The SMILES string of the molecule is COC(=O)CCCN(C(=O)C(F)(F)F)c1ccccc1/C=N/O. The highest BCUT2D eigenvalue weighted by Crippen LogP contribution is 2.26. The lowest BCUT2D eigenvalue weighted by molar-refractivity contribution is -0.170. The van der Waals surface area contributed by atoms with Gasteiger partial charge in [0.25, 0.3) is 0 Å². The van der Waals surface area contributed by atoms with Crippen LogP contribution in [0.25, 0.3) is 0 Å². The van der Waals surface area contributed by atoms with E-state index in [0.717, 1.165) is 13.3 Å². The lowest BCUT2D eigenvalue weighted by Gasteiger charge is -2.25. The Hall–Kier alpha value is -2.58. The molecule has 0 saturated heterocycles. The summed E-state index contributed by atoms with van der Waals surface area (Å²) < 4.78 is 42.8. The van der Waals surface area contributed by atoms with Gasteiger partial charge in [-0.05, 0) is 12.5 Å². The van der Waals surface area contributed by atoms with Crippen LogP contribution in [0, 0.1) is 0 Å². The molecule has 1 N–H and O–H groups in total. The second kappa shape index (κ2) is 8.16. The predicted octanol–water partition coefficient (Wildman–Crippen LogP) is 2.34. The van der Waals surface area contributed by atoms with Gasteiger partial charge in [0, 0.05) is 18.5 Å². The average Bonchev–Trinajstić information content (AvgIpc) is 2.51. The molecule has 0 aliphatic carbocycles. The van der Waals surface area contributed by atoms with E-state index < -0.39 is 18.1 Å². The molecule has 23 heavy (non-hydrogen) atoms. The molecule has 6 nitrogen and oxygen atoms in total. The average molecular weight is 332 g/mol. The molecule has 9 heteroatoms. The predicted molar refractivity (Wildman–Crippen MR) is 75.5 cm³/mol. The van der Waals surface area contributed by atoms with Crippen LogP contribution in [0.2, 0.25) is 0 Å². The summed E-state index contributed by atoms with van der Waals surface area (Å²) in [6.07, 6.45) is -4.30. The smallest absolute Gasteiger partial charge is 0.469 e. The molecule has 0 aliphatic rings. The summed E-state index contributed by atoms with van der Waals surface area (Å²) in [6, 6.07) is 5.65. The molecule has 1 aromatic carbocycles. The topological polar surface area (TPSA) is 79.2 Å². The molecule has 0 radical (unpaired) electrons. The maximum atomic E-state index is 12.8. The Balaban J connectivity index is 3.09. The van der Waals surface area contributed by atoms with Crippen LogP contribution in [0.15, 0.2) is 29.4 Å². The Morgan fingerprint density at radius 1 is 1.35 bits per heavy atom. The van der Waals surface area contributed by atoms with Gasteiger partial charge < -0.3 is 14.8 Å². The number of benzene rings is 1. The molecule has 0 fully saturated rings. The third kappa shape index (κ3) is 5.28. The van der Waals surface area contributed by atoms with E-state index in [0.29, 0.717) is 4.90 Å². The van der Waals surface area contributed by atoms with Gasteiger partial charge in [0.05, 0.1) is 19.0 Å². The van der Waals surface area contributed by atoms with Crippen molar-refractivity contribution in [3.8, 4) is 0 Å². The number of ether oxygens (including phenoxy) is 1. The molecule has 1 amide bonds. The van der Waals surface area contributed by atoms with Gasteiger partial charge >= 0.3 is 18.1 Å². The first kappa shape index (κ1) is 18.5. The number of methoxy groups -OCH3 is 1. The Kier molecular flexibility index (Phi) is 6.55. The maximum Gasteiger partial charge on any atom is 0.471 e. The van der Waals surface area contributed by atoms with Crippen LogP contribution in [0.3, 0.4) is 0 Å². The second-order valence-electron chi connectivity index (χ2n) is 4.44. The van der Waals surface area contributed by atoms with E-state index in [2.05, 4.69) is 9.89 Å². The number of esters is 1. The Morgan fingerprint density at radius 2 is 2.00 bits per heavy atom. The zero-order chi connectivity index (χ0) is 17.5. The Bertz CT molecular complexity index is 588. The second-order valence-corrected chi connectivity index (χ2v) is 4.44. The molecule has 0 spiro atoms. The number of nitrogens with zero attached hydrogens (tertiary/aromatic N) is 2. The minimum atomic E-state index is -5.07. The molecular weight excluding hydrogens is 317 g/mol. The number of oxime groups is 1. The first-order valence-corrected chi connectivity index (χ1v) is 6.53. The van der Waals surface area contributed by atoms with Crippen molar-refractivity contribution in [2.24, 2.45) is 5.16 Å². The van der Waals surface area contributed by atoms with Crippen molar-refractivity contribution in [2.75, 3.05) is 18.6 Å². The van der Waals surface area contributed by atoms with Gasteiger partial charge in [-0.3, -0.25) is 9.59 Å². The highest BCUT2D eigenvalue weighted by Gasteiger charge is 2.43. The van der Waals surface area contributed by atoms with Crippen LogP contribution in [-0.2, 0) is 14.3 Å². The molecule has 0 saturated carbocycles. The molecule has 0 unspecified atom stereocenters. The van der Waals surface area contributed by atoms with Gasteiger partial charge in [0.15, 0.2) is 0 Å². The van der Waals surface area contributed by atoms with Crippen LogP contribution < -0.4 is 4.90 Å². The fourth-order valence-corrected chi connectivity index (χ4v) is 1.87. The number of para-hydroxylation sites is 1. The van der Waals surface area contributed by atoms with Gasteiger partial charge in [-0.15, -0.1) is 0 Å². The zero-order valence-corrected chi connectivity index (χ0v) is 12.2. The van der Waals surface area contributed by atoms with E-state index >= 15 is 0 Å². The largest absolute Gasteiger partial charge is 0.471 e. The molecule has 0 aliphatic heterocycles. The zero-order valence-electron chi connectivity index (χ0n) is 12.2. The Morgan fingerprint density at radius 3 is 2.57 bits per heavy atom. The fraction of sp³-hybridized carbons (Fsp3) is 0.357. The van der Waals surface area contributed by atoms with Crippen LogP contribution >= 0.6 is 0 Å². The number of carbonyl (C=O) groups excluding carboxylic acids is 2. The van der Waals surface area contributed by atoms with Crippen LogP contribution in [0.1, 0.15) is 18.4 Å². The number of carbonyl (C=O) groups is 2. The molecule has 1 rings (SSSR count). The number of hydrogen-bond acceptors (Lipinski definition) is 5. The summed E-state index contributed by atoms with van der Waals surface area (Å²) in [5.74, 6) is -2.66. The molecule has 0 heterocycles. The van der Waals surface area contributed by atoms with Gasteiger partial charge in [0.1, 0.15) is 0 Å². The van der Waals surface area contributed by atoms with Crippen LogP contribution in [-0.4, -0.2) is 43.1 Å². The first-order chi connectivity index (χ1) is 10.8. The monoisotopic (exact) mass is 332 g/mol. The van der Waals surface area contributed by atoms with Crippen molar-refractivity contribution in [3.05, 3.63) is 29.8 Å². The fourth-order valence-electron chi connectivity index (χ4n) is 1.87. The lowest BCUT2D eigenvalue weighted by atomic mass is 10.1. The van der Waals surface area contributed by atoms with E-state index in [1.54, 1.807) is 0 Å². The molecular formula is C14H15F3N2O4. The third-order valence-corrected chi connectivity index (χ3v) is 2.90. The summed E-state index contributed by atoms with van der Waals surface area (Å²) in [6.45, 7) is -0.344. The van der Waals surface area contributed by atoms with Crippen molar-refractivity contribution in [3.63, 3.8) is 0 Å². The molecule has 1 aromatic rings. The maximum absolute atomic E-state index is 12.8. The molecule has 0 bridgehead atoms. The van der Waals surface area contributed by atoms with E-state index in [4.69, 9.17) is 5.21 Å². The van der Waals surface area contributed by atoms with Crippen molar-refractivity contribution in [1.82, 2.24) is 0 Å².